The second-order valence-electron chi connectivity index (χ2n) is 10.5. The maximum Gasteiger partial charge on any atom is 0.410 e. The number of likely N-dealkylation sites (tertiary alicyclic amines) is 1. The van der Waals surface area contributed by atoms with Gasteiger partial charge in [0.25, 0.3) is 0 Å². The largest absolute Gasteiger partial charge is 0.497 e. The van der Waals surface area contributed by atoms with E-state index in [1.807, 2.05) is 45.0 Å². The number of benzene rings is 1. The molecule has 7 heteroatoms. The minimum atomic E-state index is -1.94. The molecule has 1 fully saturated rings. The highest BCUT2D eigenvalue weighted by Crippen LogP contribution is 2.39. The number of methoxy groups -OCH3 is 1. The van der Waals surface area contributed by atoms with E-state index in [4.69, 9.17) is 18.6 Å². The highest BCUT2D eigenvalue weighted by atomic mass is 28.4. The lowest BCUT2D eigenvalue weighted by Gasteiger charge is -2.38. The van der Waals surface area contributed by atoms with Crippen molar-refractivity contribution in [2.45, 2.75) is 83.8 Å². The molecule has 1 saturated heterocycles. The maximum absolute atomic E-state index is 12.9. The van der Waals surface area contributed by atoms with E-state index in [1.165, 1.54) is 0 Å². The first-order chi connectivity index (χ1) is 13.7. The lowest BCUT2D eigenvalue weighted by molar-refractivity contribution is 0.0175. The molecule has 2 rings (SSSR count). The van der Waals surface area contributed by atoms with Crippen molar-refractivity contribution in [2.24, 2.45) is 0 Å². The first-order valence-electron chi connectivity index (χ1n) is 10.7. The summed E-state index contributed by atoms with van der Waals surface area (Å²) in [6.45, 7) is 17.7. The summed E-state index contributed by atoms with van der Waals surface area (Å²) in [7, 11) is -0.307. The molecule has 0 radical (unpaired) electrons. The van der Waals surface area contributed by atoms with Gasteiger partial charge in [0.1, 0.15) is 23.7 Å². The molecule has 1 heterocycles. The minimum Gasteiger partial charge on any atom is -0.497 e. The molecule has 0 unspecified atom stereocenters. The average molecular weight is 438 g/mol. The van der Waals surface area contributed by atoms with Crippen molar-refractivity contribution in [3.8, 4) is 11.5 Å². The second kappa shape index (κ2) is 9.18. The van der Waals surface area contributed by atoms with E-state index in [9.17, 15) is 4.79 Å². The van der Waals surface area contributed by atoms with Crippen LogP contribution in [0.4, 0.5) is 4.79 Å². The number of hydrogen-bond donors (Lipinski definition) is 0. The van der Waals surface area contributed by atoms with Crippen LogP contribution in [0, 0.1) is 0 Å². The standard InChI is InChI=1S/C23H39NO5Si/c1-22(2,3)28-21(25)24-15-20(29-30(8,9)23(4,5)6)14-17(24)16-27-19-12-10-18(26-7)11-13-19/h10-13,17,20H,14-16H2,1-9H3/t17-,20+/m1/s1. The molecule has 0 saturated carbocycles. The summed E-state index contributed by atoms with van der Waals surface area (Å²) in [6, 6.07) is 7.36. The second-order valence-corrected chi connectivity index (χ2v) is 15.3. The van der Waals surface area contributed by atoms with Crippen LogP contribution in [-0.4, -0.2) is 57.3 Å². The molecule has 0 bridgehead atoms. The van der Waals surface area contributed by atoms with Crippen molar-refractivity contribution in [2.75, 3.05) is 20.3 Å². The van der Waals surface area contributed by atoms with Crippen LogP contribution < -0.4 is 9.47 Å². The van der Waals surface area contributed by atoms with Gasteiger partial charge in [0, 0.05) is 6.54 Å². The maximum atomic E-state index is 12.9. The van der Waals surface area contributed by atoms with E-state index in [0.717, 1.165) is 17.9 Å². The molecule has 0 N–H and O–H groups in total. The van der Waals surface area contributed by atoms with Gasteiger partial charge in [0.15, 0.2) is 8.32 Å². The number of carbonyl (C=O) groups is 1. The molecule has 1 aromatic carbocycles. The molecule has 0 aliphatic carbocycles. The highest BCUT2D eigenvalue weighted by molar-refractivity contribution is 6.74. The SMILES string of the molecule is COc1ccc(OC[C@H]2C[C@H](O[Si](C)(C)C(C)(C)C)CN2C(=O)OC(C)(C)C)cc1. The van der Waals surface area contributed by atoms with E-state index in [2.05, 4.69) is 33.9 Å². The summed E-state index contributed by atoms with van der Waals surface area (Å²) in [4.78, 5) is 14.6. The zero-order valence-corrected chi connectivity index (χ0v) is 21.1. The van der Waals surface area contributed by atoms with Crippen molar-refractivity contribution in [3.63, 3.8) is 0 Å². The number of rotatable bonds is 6. The van der Waals surface area contributed by atoms with E-state index in [0.29, 0.717) is 13.2 Å². The zero-order valence-electron chi connectivity index (χ0n) is 20.1. The Morgan fingerprint density at radius 2 is 1.63 bits per heavy atom. The van der Waals surface area contributed by atoms with Gasteiger partial charge in [0.2, 0.25) is 0 Å². The van der Waals surface area contributed by atoms with E-state index < -0.39 is 13.9 Å². The fourth-order valence-corrected chi connectivity index (χ4v) is 4.48. The normalized spacial score (nSPS) is 20.2. The smallest absolute Gasteiger partial charge is 0.410 e. The van der Waals surface area contributed by atoms with Crippen molar-refractivity contribution in [3.05, 3.63) is 24.3 Å². The Balaban J connectivity index is 2.10. The van der Waals surface area contributed by atoms with Crippen LogP contribution in [0.5, 0.6) is 11.5 Å². The van der Waals surface area contributed by atoms with E-state index in [-0.39, 0.29) is 23.3 Å². The first-order valence-corrected chi connectivity index (χ1v) is 13.6. The van der Waals surface area contributed by atoms with Gasteiger partial charge in [-0.25, -0.2) is 4.79 Å². The molecule has 0 aromatic heterocycles. The summed E-state index contributed by atoms with van der Waals surface area (Å²) in [5, 5.41) is 0.113. The third-order valence-electron chi connectivity index (χ3n) is 5.77. The van der Waals surface area contributed by atoms with Gasteiger partial charge in [-0.2, -0.15) is 0 Å². The van der Waals surface area contributed by atoms with Crippen LogP contribution in [0.2, 0.25) is 18.1 Å². The van der Waals surface area contributed by atoms with Crippen molar-refractivity contribution in [1.82, 2.24) is 4.90 Å². The molecule has 1 amide bonds. The Bertz CT molecular complexity index is 706. The number of hydrogen-bond acceptors (Lipinski definition) is 5. The quantitative estimate of drug-likeness (QED) is 0.552. The third kappa shape index (κ3) is 6.64. The summed E-state index contributed by atoms with van der Waals surface area (Å²) in [5.74, 6) is 1.52. The van der Waals surface area contributed by atoms with Gasteiger partial charge in [-0.15, -0.1) is 0 Å². The summed E-state index contributed by atoms with van der Waals surface area (Å²) < 4.78 is 23.4. The molecule has 1 aliphatic rings. The van der Waals surface area contributed by atoms with Crippen LogP contribution in [-0.2, 0) is 9.16 Å². The van der Waals surface area contributed by atoms with Crippen LogP contribution in [0.15, 0.2) is 24.3 Å². The third-order valence-corrected chi connectivity index (χ3v) is 10.3. The fraction of sp³-hybridized carbons (Fsp3) is 0.696. The monoisotopic (exact) mass is 437 g/mol. The van der Waals surface area contributed by atoms with Gasteiger partial charge in [0.05, 0.1) is 19.3 Å². The van der Waals surface area contributed by atoms with Crippen molar-refractivity contribution in [1.29, 1.82) is 0 Å². The number of ether oxygens (including phenoxy) is 3. The molecule has 2 atom stereocenters. The van der Waals surface area contributed by atoms with Crippen LogP contribution >= 0.6 is 0 Å². The van der Waals surface area contributed by atoms with Crippen LogP contribution in [0.25, 0.3) is 0 Å². The Morgan fingerprint density at radius 1 is 1.07 bits per heavy atom. The topological polar surface area (TPSA) is 57.2 Å². The van der Waals surface area contributed by atoms with Crippen molar-refractivity contribution >= 4 is 14.4 Å². The van der Waals surface area contributed by atoms with E-state index >= 15 is 0 Å². The molecule has 0 spiro atoms. The predicted octanol–water partition coefficient (Wildman–Crippen LogP) is 5.47. The van der Waals surface area contributed by atoms with Gasteiger partial charge in [-0.1, -0.05) is 20.8 Å². The molecule has 1 aliphatic heterocycles. The number of amides is 1. The molecular formula is C23H39NO5Si. The zero-order chi connectivity index (χ0) is 22.7. The predicted molar refractivity (Wildman–Crippen MR) is 122 cm³/mol. The van der Waals surface area contributed by atoms with Gasteiger partial charge in [-0.05, 0) is 69.6 Å². The number of nitrogens with zero attached hydrogens (tertiary/aromatic N) is 1. The van der Waals surface area contributed by atoms with Gasteiger partial charge < -0.3 is 18.6 Å². The number of carbonyl (C=O) groups excluding carboxylic acids is 1. The molecule has 6 nitrogen and oxygen atoms in total. The van der Waals surface area contributed by atoms with Gasteiger partial charge in [-0.3, -0.25) is 4.90 Å². The highest BCUT2D eigenvalue weighted by Gasteiger charge is 2.44. The summed E-state index contributed by atoms with van der Waals surface area (Å²) in [5.41, 5.74) is -0.545. The Morgan fingerprint density at radius 3 is 2.13 bits per heavy atom. The Labute approximate surface area is 183 Å². The first kappa shape index (κ1) is 24.5. The molecule has 170 valence electrons. The molecule has 30 heavy (non-hydrogen) atoms. The minimum absolute atomic E-state index is 0.0112. The summed E-state index contributed by atoms with van der Waals surface area (Å²) in [6.07, 6.45) is 0.414. The van der Waals surface area contributed by atoms with Crippen molar-refractivity contribution < 1.29 is 23.4 Å². The van der Waals surface area contributed by atoms with Gasteiger partial charge >= 0.3 is 6.09 Å². The Hall–Kier alpha value is -1.73. The fourth-order valence-electron chi connectivity index (χ4n) is 3.12. The lowest BCUT2D eigenvalue weighted by atomic mass is 10.2. The molecule has 1 aromatic rings. The summed E-state index contributed by atoms with van der Waals surface area (Å²) >= 11 is 0. The van der Waals surface area contributed by atoms with E-state index in [1.54, 1.807) is 12.0 Å². The Kier molecular flexibility index (Phi) is 7.51. The lowest BCUT2D eigenvalue weighted by Crippen LogP contribution is -2.45. The average Bonchev–Trinajstić information content (AvgIpc) is 3.00. The van der Waals surface area contributed by atoms with Crippen LogP contribution in [0.3, 0.4) is 0 Å². The molecular weight excluding hydrogens is 398 g/mol. The van der Waals surface area contributed by atoms with Crippen LogP contribution in [0.1, 0.15) is 48.0 Å².